The van der Waals surface area contributed by atoms with E-state index < -0.39 is 12.0 Å². The normalized spacial score (nSPS) is 19.8. The molecule has 0 fully saturated rings. The molecule has 2 amide bonds. The van der Waals surface area contributed by atoms with E-state index in [0.717, 1.165) is 35.4 Å². The molecule has 2 atom stereocenters. The van der Waals surface area contributed by atoms with Crippen LogP contribution >= 0.6 is 11.3 Å². The highest BCUT2D eigenvalue weighted by Gasteiger charge is 2.35. The van der Waals surface area contributed by atoms with E-state index in [-0.39, 0.29) is 23.7 Å². The van der Waals surface area contributed by atoms with E-state index in [2.05, 4.69) is 36.7 Å². The van der Waals surface area contributed by atoms with Crippen LogP contribution in [0.5, 0.6) is 0 Å². The van der Waals surface area contributed by atoms with Crippen molar-refractivity contribution in [3.05, 3.63) is 40.3 Å². The van der Waals surface area contributed by atoms with E-state index in [1.807, 2.05) is 18.2 Å². The minimum Gasteiger partial charge on any atom is -0.465 e. The molecule has 3 N–H and O–H groups in total. The smallest absolute Gasteiger partial charge is 0.341 e. The Morgan fingerprint density at radius 2 is 1.94 bits per heavy atom. The highest BCUT2D eigenvalue weighted by atomic mass is 32.1. The summed E-state index contributed by atoms with van der Waals surface area (Å²) in [5.41, 5.74) is 3.09. The molecule has 1 aliphatic carbocycles. The fourth-order valence-electron chi connectivity index (χ4n) is 4.43. The van der Waals surface area contributed by atoms with Gasteiger partial charge < -0.3 is 20.7 Å². The standard InChI is InChI=1S/C24H29N3O4S/c1-24(2,3)13-9-10-14-18(11-13)32-22(20(14)23(30)31-4)27-19(28)12-17-21(29)26-16-8-6-5-7-15(16)25-17/h5-8,13,17,25H,9-12H2,1-4H3,(H,26,29)(H,27,28)/t13-,17+/m1/s1. The number of methoxy groups -OCH3 is 1. The van der Waals surface area contributed by atoms with Crippen molar-refractivity contribution in [2.75, 3.05) is 23.1 Å². The van der Waals surface area contributed by atoms with E-state index in [9.17, 15) is 14.4 Å². The topological polar surface area (TPSA) is 96.5 Å². The van der Waals surface area contributed by atoms with E-state index in [1.54, 1.807) is 6.07 Å². The third-order valence-electron chi connectivity index (χ3n) is 6.35. The van der Waals surface area contributed by atoms with Crippen molar-refractivity contribution in [2.24, 2.45) is 11.3 Å². The summed E-state index contributed by atoms with van der Waals surface area (Å²) in [6, 6.07) is 6.68. The minimum absolute atomic E-state index is 0.0477. The number of para-hydroxylation sites is 2. The molecule has 0 saturated heterocycles. The van der Waals surface area contributed by atoms with Crippen molar-refractivity contribution in [1.82, 2.24) is 0 Å². The molecular formula is C24H29N3O4S. The molecule has 1 aliphatic heterocycles. The van der Waals surface area contributed by atoms with E-state index in [0.29, 0.717) is 22.2 Å². The molecule has 1 aromatic carbocycles. The first-order chi connectivity index (χ1) is 15.2. The molecule has 8 heteroatoms. The average molecular weight is 456 g/mol. The van der Waals surface area contributed by atoms with Crippen molar-refractivity contribution in [3.8, 4) is 0 Å². The number of fused-ring (bicyclic) bond motifs is 2. The zero-order valence-electron chi connectivity index (χ0n) is 18.8. The maximum atomic E-state index is 12.9. The molecule has 2 aromatic rings. The van der Waals surface area contributed by atoms with Gasteiger partial charge in [0.1, 0.15) is 11.0 Å². The Bertz CT molecular complexity index is 1070. The third-order valence-corrected chi connectivity index (χ3v) is 7.52. The molecule has 0 radical (unpaired) electrons. The van der Waals surface area contributed by atoms with Crippen molar-refractivity contribution >= 4 is 45.5 Å². The van der Waals surface area contributed by atoms with Crippen LogP contribution in [-0.2, 0) is 27.2 Å². The largest absolute Gasteiger partial charge is 0.465 e. The molecule has 0 saturated carbocycles. The number of rotatable bonds is 4. The predicted octanol–water partition coefficient (Wildman–Crippen LogP) is 4.45. The Balaban J connectivity index is 1.53. The fourth-order valence-corrected chi connectivity index (χ4v) is 5.76. The molecule has 0 spiro atoms. The second-order valence-corrected chi connectivity index (χ2v) is 10.6. The van der Waals surface area contributed by atoms with Gasteiger partial charge in [-0.3, -0.25) is 9.59 Å². The Labute approximate surface area is 191 Å². The molecular weight excluding hydrogens is 426 g/mol. The fraction of sp³-hybridized carbons (Fsp3) is 0.458. The van der Waals surface area contributed by atoms with Crippen molar-refractivity contribution in [1.29, 1.82) is 0 Å². The summed E-state index contributed by atoms with van der Waals surface area (Å²) in [7, 11) is 1.35. The van der Waals surface area contributed by atoms with Gasteiger partial charge in [-0.1, -0.05) is 32.9 Å². The minimum atomic E-state index is -0.689. The van der Waals surface area contributed by atoms with Crippen LogP contribution in [0.25, 0.3) is 0 Å². The summed E-state index contributed by atoms with van der Waals surface area (Å²) < 4.78 is 5.02. The van der Waals surface area contributed by atoms with Gasteiger partial charge in [0, 0.05) is 4.88 Å². The highest BCUT2D eigenvalue weighted by molar-refractivity contribution is 7.17. The molecule has 1 aromatic heterocycles. The number of hydrogen-bond donors (Lipinski definition) is 3. The van der Waals surface area contributed by atoms with Gasteiger partial charge in [-0.25, -0.2) is 4.79 Å². The van der Waals surface area contributed by atoms with Crippen molar-refractivity contribution < 1.29 is 19.1 Å². The van der Waals surface area contributed by atoms with Gasteiger partial charge in [-0.05, 0) is 48.3 Å². The van der Waals surface area contributed by atoms with Gasteiger partial charge >= 0.3 is 5.97 Å². The lowest BCUT2D eigenvalue weighted by molar-refractivity contribution is -0.122. The lowest BCUT2D eigenvalue weighted by Crippen LogP contribution is -2.41. The van der Waals surface area contributed by atoms with Crippen molar-refractivity contribution in [3.63, 3.8) is 0 Å². The summed E-state index contributed by atoms with van der Waals surface area (Å²) in [6.45, 7) is 6.71. The highest BCUT2D eigenvalue weighted by Crippen LogP contribution is 2.44. The van der Waals surface area contributed by atoms with Crippen LogP contribution in [0, 0.1) is 11.3 Å². The van der Waals surface area contributed by atoms with Crippen LogP contribution < -0.4 is 16.0 Å². The van der Waals surface area contributed by atoms with Gasteiger partial charge in [-0.2, -0.15) is 0 Å². The second-order valence-electron chi connectivity index (χ2n) is 9.49. The number of anilines is 3. The van der Waals surface area contributed by atoms with Crippen LogP contribution in [0.3, 0.4) is 0 Å². The number of hydrogen-bond acceptors (Lipinski definition) is 6. The van der Waals surface area contributed by atoms with Crippen LogP contribution in [0.4, 0.5) is 16.4 Å². The lowest BCUT2D eigenvalue weighted by atomic mass is 9.72. The molecule has 4 rings (SSSR count). The number of esters is 1. The maximum Gasteiger partial charge on any atom is 0.341 e. The molecule has 7 nitrogen and oxygen atoms in total. The van der Waals surface area contributed by atoms with Gasteiger partial charge in [0.25, 0.3) is 0 Å². The summed E-state index contributed by atoms with van der Waals surface area (Å²) in [5, 5.41) is 9.35. The average Bonchev–Trinajstić information content (AvgIpc) is 3.09. The maximum absolute atomic E-state index is 12.9. The first-order valence-electron chi connectivity index (χ1n) is 10.9. The van der Waals surface area contributed by atoms with Crippen LogP contribution in [0.15, 0.2) is 24.3 Å². The first kappa shape index (κ1) is 22.3. The SMILES string of the molecule is COC(=O)c1c(NC(=O)C[C@@H]2Nc3ccccc3NC2=O)sc2c1CC[C@@H](C(C)(C)C)C2. The van der Waals surface area contributed by atoms with Gasteiger partial charge in [-0.15, -0.1) is 11.3 Å². The van der Waals surface area contributed by atoms with Gasteiger partial charge in [0.05, 0.1) is 30.5 Å². The van der Waals surface area contributed by atoms with E-state index in [4.69, 9.17) is 4.74 Å². The van der Waals surface area contributed by atoms with Gasteiger partial charge in [0.15, 0.2) is 0 Å². The number of carbonyl (C=O) groups excluding carboxylic acids is 3. The zero-order valence-corrected chi connectivity index (χ0v) is 19.7. The Hall–Kier alpha value is -2.87. The molecule has 0 unspecified atom stereocenters. The van der Waals surface area contributed by atoms with Crippen LogP contribution in [0.1, 0.15) is 54.4 Å². The summed E-state index contributed by atoms with van der Waals surface area (Å²) in [4.78, 5) is 39.0. The number of amides is 2. The first-order valence-corrected chi connectivity index (χ1v) is 11.7. The summed E-state index contributed by atoms with van der Waals surface area (Å²) in [6.07, 6.45) is 2.62. The number of benzene rings is 1. The Morgan fingerprint density at radius 1 is 1.22 bits per heavy atom. The molecule has 2 aliphatic rings. The quantitative estimate of drug-likeness (QED) is 0.592. The predicted molar refractivity (Wildman–Crippen MR) is 126 cm³/mol. The number of carbonyl (C=O) groups is 3. The second kappa shape index (κ2) is 8.58. The lowest BCUT2D eigenvalue weighted by Gasteiger charge is -2.33. The Kier molecular flexibility index (Phi) is 5.99. The molecule has 2 heterocycles. The van der Waals surface area contributed by atoms with Crippen LogP contribution in [-0.4, -0.2) is 30.9 Å². The number of ether oxygens (including phenoxy) is 1. The monoisotopic (exact) mass is 455 g/mol. The summed E-state index contributed by atoms with van der Waals surface area (Å²) >= 11 is 1.45. The van der Waals surface area contributed by atoms with Gasteiger partial charge in [0.2, 0.25) is 11.8 Å². The Morgan fingerprint density at radius 3 is 2.62 bits per heavy atom. The molecule has 32 heavy (non-hydrogen) atoms. The van der Waals surface area contributed by atoms with Crippen molar-refractivity contribution in [2.45, 2.75) is 52.5 Å². The van der Waals surface area contributed by atoms with Crippen LogP contribution in [0.2, 0.25) is 0 Å². The summed E-state index contributed by atoms with van der Waals surface area (Å²) in [5.74, 6) is -0.508. The number of nitrogens with one attached hydrogen (secondary N) is 3. The number of thiophene rings is 1. The third kappa shape index (κ3) is 4.37. The zero-order chi connectivity index (χ0) is 23.0. The molecule has 0 bridgehead atoms. The van der Waals surface area contributed by atoms with E-state index >= 15 is 0 Å². The molecule has 170 valence electrons. The van der Waals surface area contributed by atoms with E-state index in [1.165, 1.54) is 18.4 Å².